The number of nitriles is 1. The largest absolute Gasteiger partial charge is 0.493 e. The zero-order valence-electron chi connectivity index (χ0n) is 12.8. The number of nitrogens with zero attached hydrogens (tertiary/aromatic N) is 3. The van der Waals surface area contributed by atoms with Crippen molar-refractivity contribution in [1.29, 1.82) is 5.26 Å². The van der Waals surface area contributed by atoms with Crippen LogP contribution in [-0.4, -0.2) is 22.9 Å². The molecule has 0 atom stereocenters. The Morgan fingerprint density at radius 1 is 1.30 bits per heavy atom. The maximum absolute atomic E-state index is 12.2. The average Bonchev–Trinajstić information content (AvgIpc) is 2.57. The second-order valence-corrected chi connectivity index (χ2v) is 4.65. The summed E-state index contributed by atoms with van der Waals surface area (Å²) in [4.78, 5) is 23.8. The van der Waals surface area contributed by atoms with Crippen LogP contribution in [0, 0.1) is 11.3 Å². The number of aromatic nitrogens is 2. The van der Waals surface area contributed by atoms with Gasteiger partial charge >= 0.3 is 5.97 Å². The van der Waals surface area contributed by atoms with Gasteiger partial charge in [-0.1, -0.05) is 6.92 Å². The molecule has 0 aliphatic rings. The average molecular weight is 313 g/mol. The van der Waals surface area contributed by atoms with Gasteiger partial charge in [0.05, 0.1) is 18.7 Å². The monoisotopic (exact) mass is 313 g/mol. The van der Waals surface area contributed by atoms with E-state index in [4.69, 9.17) is 14.7 Å². The molecule has 0 fully saturated rings. The molecule has 1 heterocycles. The number of carbonyl (C=O) groups is 1. The van der Waals surface area contributed by atoms with Gasteiger partial charge in [-0.2, -0.15) is 10.4 Å². The van der Waals surface area contributed by atoms with Gasteiger partial charge < -0.3 is 9.47 Å². The van der Waals surface area contributed by atoms with Gasteiger partial charge in [0, 0.05) is 18.7 Å². The van der Waals surface area contributed by atoms with Crippen LogP contribution in [0.1, 0.15) is 29.4 Å². The number of methoxy groups -OCH3 is 1. The Balaban J connectivity index is 2.27. The summed E-state index contributed by atoms with van der Waals surface area (Å²) in [6, 6.07) is 9.00. The predicted molar refractivity (Wildman–Crippen MR) is 81.5 cm³/mol. The third-order valence-electron chi connectivity index (χ3n) is 3.01. The number of ether oxygens (including phenoxy) is 2. The Morgan fingerprint density at radius 3 is 2.74 bits per heavy atom. The van der Waals surface area contributed by atoms with Crippen molar-refractivity contribution in [2.75, 3.05) is 7.11 Å². The first-order valence-corrected chi connectivity index (χ1v) is 6.97. The molecule has 23 heavy (non-hydrogen) atoms. The second-order valence-electron chi connectivity index (χ2n) is 4.65. The highest BCUT2D eigenvalue weighted by atomic mass is 16.6. The summed E-state index contributed by atoms with van der Waals surface area (Å²) in [5, 5.41) is 12.8. The maximum atomic E-state index is 12.2. The summed E-state index contributed by atoms with van der Waals surface area (Å²) in [6.07, 6.45) is 0.717. The van der Waals surface area contributed by atoms with E-state index in [1.807, 2.05) is 13.0 Å². The Hall–Kier alpha value is -3.14. The lowest BCUT2D eigenvalue weighted by molar-refractivity contribution is 0.0720. The minimum Gasteiger partial charge on any atom is -0.493 e. The Kier molecular flexibility index (Phi) is 5.10. The number of esters is 1. The van der Waals surface area contributed by atoms with Crippen LogP contribution in [0.25, 0.3) is 0 Å². The van der Waals surface area contributed by atoms with E-state index in [9.17, 15) is 9.59 Å². The summed E-state index contributed by atoms with van der Waals surface area (Å²) >= 11 is 0. The third-order valence-corrected chi connectivity index (χ3v) is 3.01. The van der Waals surface area contributed by atoms with E-state index in [-0.39, 0.29) is 22.8 Å². The first-order valence-electron chi connectivity index (χ1n) is 6.97. The van der Waals surface area contributed by atoms with Crippen molar-refractivity contribution in [3.05, 3.63) is 51.9 Å². The molecule has 0 N–H and O–H groups in total. The van der Waals surface area contributed by atoms with Gasteiger partial charge in [0.15, 0.2) is 17.2 Å². The molecule has 0 unspecified atom stereocenters. The molecule has 2 aromatic rings. The topological polar surface area (TPSA) is 94.2 Å². The van der Waals surface area contributed by atoms with Crippen LogP contribution < -0.4 is 15.0 Å². The molecule has 0 radical (unpaired) electrons. The number of aryl methyl sites for hydroxylation is 1. The van der Waals surface area contributed by atoms with Crippen molar-refractivity contribution in [3.63, 3.8) is 0 Å². The van der Waals surface area contributed by atoms with E-state index in [0.29, 0.717) is 12.1 Å². The Labute approximate surface area is 132 Å². The summed E-state index contributed by atoms with van der Waals surface area (Å²) in [5.41, 5.74) is 0.125. The molecule has 7 nitrogen and oxygen atoms in total. The lowest BCUT2D eigenvalue weighted by Gasteiger charge is -2.09. The van der Waals surface area contributed by atoms with Gasteiger partial charge in [-0.15, -0.1) is 0 Å². The van der Waals surface area contributed by atoms with Gasteiger partial charge in [0.2, 0.25) is 0 Å². The van der Waals surface area contributed by atoms with Gasteiger partial charge in [0.25, 0.3) is 5.56 Å². The van der Waals surface area contributed by atoms with Crippen LogP contribution in [0.15, 0.2) is 35.1 Å². The molecule has 0 bridgehead atoms. The zero-order valence-corrected chi connectivity index (χ0v) is 12.8. The molecule has 0 aliphatic heterocycles. The molecule has 0 saturated carbocycles. The molecular formula is C16H15N3O4. The van der Waals surface area contributed by atoms with Gasteiger partial charge in [0.1, 0.15) is 0 Å². The minimum atomic E-state index is -0.710. The smallest absolute Gasteiger partial charge is 0.364 e. The van der Waals surface area contributed by atoms with Gasteiger partial charge in [-0.05, 0) is 24.6 Å². The normalized spacial score (nSPS) is 9.96. The van der Waals surface area contributed by atoms with E-state index in [1.54, 1.807) is 0 Å². The molecule has 0 aliphatic carbocycles. The van der Waals surface area contributed by atoms with Gasteiger partial charge in [-0.3, -0.25) is 4.79 Å². The van der Waals surface area contributed by atoms with Crippen molar-refractivity contribution < 1.29 is 14.3 Å². The number of benzene rings is 1. The lowest BCUT2D eigenvalue weighted by Crippen LogP contribution is -2.25. The molecule has 7 heteroatoms. The number of carbonyl (C=O) groups excluding carboxylic acids is 1. The van der Waals surface area contributed by atoms with Crippen LogP contribution in [0.3, 0.4) is 0 Å². The quantitative estimate of drug-likeness (QED) is 0.616. The fraction of sp³-hybridized carbons (Fsp3) is 0.250. The molecule has 1 aromatic heterocycles. The number of hydrogen-bond donors (Lipinski definition) is 0. The summed E-state index contributed by atoms with van der Waals surface area (Å²) in [6.45, 7) is 2.32. The van der Waals surface area contributed by atoms with E-state index >= 15 is 0 Å². The number of hydrogen-bond acceptors (Lipinski definition) is 6. The predicted octanol–water partition coefficient (Wildman–Crippen LogP) is 1.75. The van der Waals surface area contributed by atoms with E-state index in [0.717, 1.165) is 6.42 Å². The summed E-state index contributed by atoms with van der Waals surface area (Å²) in [5.74, 6) is -0.274. The first kappa shape index (κ1) is 16.2. The fourth-order valence-electron chi connectivity index (χ4n) is 1.90. The molecule has 1 aromatic carbocycles. The highest BCUT2D eigenvalue weighted by Gasteiger charge is 2.15. The van der Waals surface area contributed by atoms with Crippen molar-refractivity contribution >= 4 is 5.97 Å². The molecule has 0 amide bonds. The highest BCUT2D eigenvalue weighted by molar-refractivity contribution is 5.89. The minimum absolute atomic E-state index is 0.0180. The third kappa shape index (κ3) is 3.74. The zero-order chi connectivity index (χ0) is 16.8. The second kappa shape index (κ2) is 7.22. The molecule has 0 spiro atoms. The highest BCUT2D eigenvalue weighted by Crippen LogP contribution is 2.28. The van der Waals surface area contributed by atoms with E-state index < -0.39 is 5.97 Å². The lowest BCUT2D eigenvalue weighted by atomic mass is 10.2. The van der Waals surface area contributed by atoms with Crippen LogP contribution in [-0.2, 0) is 6.54 Å². The fourth-order valence-corrected chi connectivity index (χ4v) is 1.90. The van der Waals surface area contributed by atoms with Crippen LogP contribution in [0.5, 0.6) is 11.5 Å². The van der Waals surface area contributed by atoms with E-state index in [2.05, 4.69) is 5.10 Å². The molecule has 2 rings (SSSR count). The van der Waals surface area contributed by atoms with Crippen molar-refractivity contribution in [2.24, 2.45) is 0 Å². The molecular weight excluding hydrogens is 298 g/mol. The maximum Gasteiger partial charge on any atom is 0.364 e. The summed E-state index contributed by atoms with van der Waals surface area (Å²) < 4.78 is 11.6. The summed E-state index contributed by atoms with van der Waals surface area (Å²) in [7, 11) is 1.41. The Bertz CT molecular complexity index is 821. The van der Waals surface area contributed by atoms with Crippen LogP contribution in [0.2, 0.25) is 0 Å². The van der Waals surface area contributed by atoms with Crippen molar-refractivity contribution in [1.82, 2.24) is 9.78 Å². The Morgan fingerprint density at radius 2 is 2.09 bits per heavy atom. The standard InChI is InChI=1S/C16H15N3O4/c1-3-8-19-15(20)7-5-12(18-19)16(21)23-13-6-4-11(10-17)9-14(13)22-2/h4-7,9H,3,8H2,1-2H3. The SMILES string of the molecule is CCCn1nc(C(=O)Oc2ccc(C#N)cc2OC)ccc1=O. The van der Waals surface area contributed by atoms with Crippen LogP contribution in [0.4, 0.5) is 0 Å². The van der Waals surface area contributed by atoms with Gasteiger partial charge in [-0.25, -0.2) is 9.48 Å². The van der Waals surface area contributed by atoms with Crippen LogP contribution >= 0.6 is 0 Å². The number of rotatable bonds is 5. The first-order chi connectivity index (χ1) is 11.1. The molecule has 118 valence electrons. The van der Waals surface area contributed by atoms with Crippen molar-refractivity contribution in [3.8, 4) is 17.6 Å². The molecule has 0 saturated heterocycles. The van der Waals surface area contributed by atoms with Crippen molar-refractivity contribution in [2.45, 2.75) is 19.9 Å². The van der Waals surface area contributed by atoms with E-state index in [1.165, 1.54) is 42.1 Å².